The molecule has 3 N–H and O–H groups in total. The van der Waals surface area contributed by atoms with Gasteiger partial charge in [-0.1, -0.05) is 0 Å². The summed E-state index contributed by atoms with van der Waals surface area (Å²) in [6.45, 7) is 0. The number of nitrogens with zero attached hydrogens (tertiary/aromatic N) is 2. The topological polar surface area (TPSA) is 115 Å². The molecule has 0 aromatic rings. The van der Waals surface area contributed by atoms with E-state index in [0.717, 1.165) is 0 Å². The van der Waals surface area contributed by atoms with Crippen molar-refractivity contribution in [3.8, 4) is 0 Å². The van der Waals surface area contributed by atoms with Gasteiger partial charge in [-0.25, -0.2) is 0 Å². The standard InChI is InChI=1S/C6H9N3O3/c7-5(6(11)12)2-1-4(10)3-9-8/h3,5H,1-2,7H2,(H-,10,11,12)/b4-3-. The maximum atomic E-state index is 10.6. The van der Waals surface area contributed by atoms with Gasteiger partial charge in [-0.05, 0) is 18.6 Å². The molecular formula is C6H9N3O3. The van der Waals surface area contributed by atoms with Crippen molar-refractivity contribution in [2.75, 3.05) is 0 Å². The number of allylic oxidation sites excluding steroid dienone is 1. The van der Waals surface area contributed by atoms with Gasteiger partial charge in [0.25, 0.3) is 0 Å². The molecule has 0 aliphatic carbocycles. The minimum absolute atomic E-state index is 0.0302. The third-order valence-electron chi connectivity index (χ3n) is 1.22. The maximum absolute atomic E-state index is 10.6. The van der Waals surface area contributed by atoms with Crippen LogP contribution in [0.2, 0.25) is 0 Å². The number of carbonyl (C=O) groups is 1. The number of carboxylic acid groups (broad SMARTS) is 1. The lowest BCUT2D eigenvalue weighted by Gasteiger charge is -2.08. The fourth-order valence-electron chi connectivity index (χ4n) is 0.550. The van der Waals surface area contributed by atoms with Crippen molar-refractivity contribution < 1.29 is 15.0 Å². The molecule has 0 spiro atoms. The van der Waals surface area contributed by atoms with E-state index in [1.54, 1.807) is 0 Å². The molecule has 0 aliphatic rings. The zero-order valence-electron chi connectivity index (χ0n) is 6.30. The number of hydrogen-bond acceptors (Lipinski definition) is 4. The predicted molar refractivity (Wildman–Crippen MR) is 38.0 cm³/mol. The van der Waals surface area contributed by atoms with E-state index in [-0.39, 0.29) is 12.8 Å². The Balaban J connectivity index is 3.78. The van der Waals surface area contributed by atoms with Crippen LogP contribution in [0.4, 0.5) is 0 Å². The molecule has 0 amide bonds. The fourth-order valence-corrected chi connectivity index (χ4v) is 0.550. The van der Waals surface area contributed by atoms with E-state index in [0.29, 0.717) is 6.20 Å². The smallest absolute Gasteiger partial charge is 0.338 e. The molecule has 0 aliphatic heterocycles. The molecule has 1 atom stereocenters. The van der Waals surface area contributed by atoms with Gasteiger partial charge in [-0.2, -0.15) is 0 Å². The molecule has 0 aromatic carbocycles. The van der Waals surface area contributed by atoms with E-state index in [2.05, 4.69) is 4.98 Å². The van der Waals surface area contributed by atoms with Gasteiger partial charge in [0.15, 0.2) is 4.98 Å². The van der Waals surface area contributed by atoms with Gasteiger partial charge in [-0.3, -0.25) is 4.79 Å². The van der Waals surface area contributed by atoms with E-state index >= 15 is 0 Å². The third-order valence-corrected chi connectivity index (χ3v) is 1.22. The zero-order valence-corrected chi connectivity index (χ0v) is 6.30. The average Bonchev–Trinajstić information content (AvgIpc) is 2.00. The molecule has 0 bridgehead atoms. The van der Waals surface area contributed by atoms with E-state index in [9.17, 15) is 9.90 Å². The molecule has 12 heavy (non-hydrogen) atoms. The SMILES string of the molecule is N#[N+]/C=C(\[O-])CCC(N)C(=O)O. The Bertz CT molecular complexity index is 231. The first-order chi connectivity index (χ1) is 5.57. The van der Waals surface area contributed by atoms with Gasteiger partial charge in [0.05, 0.1) is 0 Å². The van der Waals surface area contributed by atoms with Crippen molar-refractivity contribution in [2.45, 2.75) is 18.9 Å². The highest BCUT2D eigenvalue weighted by atomic mass is 16.4. The van der Waals surface area contributed by atoms with Crippen LogP contribution in [0.15, 0.2) is 12.0 Å². The molecule has 0 saturated heterocycles. The molecule has 0 aromatic heterocycles. The van der Waals surface area contributed by atoms with Gasteiger partial charge < -0.3 is 15.9 Å². The van der Waals surface area contributed by atoms with E-state index in [1.165, 1.54) is 0 Å². The van der Waals surface area contributed by atoms with Crippen LogP contribution in [-0.4, -0.2) is 17.1 Å². The van der Waals surface area contributed by atoms with Crippen LogP contribution in [0, 0.1) is 5.39 Å². The molecule has 0 rings (SSSR count). The molecule has 1 unspecified atom stereocenters. The molecule has 0 radical (unpaired) electrons. The van der Waals surface area contributed by atoms with Crippen molar-refractivity contribution in [3.63, 3.8) is 0 Å². The molecule has 0 heterocycles. The Hall–Kier alpha value is -1.61. The zero-order chi connectivity index (χ0) is 9.56. The second-order valence-electron chi connectivity index (χ2n) is 2.19. The monoisotopic (exact) mass is 171 g/mol. The van der Waals surface area contributed by atoms with Gasteiger partial charge in [0, 0.05) is 0 Å². The summed E-state index contributed by atoms with van der Waals surface area (Å²) in [6.07, 6.45) is 0.728. The summed E-state index contributed by atoms with van der Waals surface area (Å²) < 4.78 is 0. The second-order valence-corrected chi connectivity index (χ2v) is 2.19. The van der Waals surface area contributed by atoms with Crippen LogP contribution in [0.3, 0.4) is 0 Å². The number of diazo groups is 1. The number of carboxylic acids is 1. The Morgan fingerprint density at radius 1 is 1.83 bits per heavy atom. The third kappa shape index (κ3) is 4.24. The van der Waals surface area contributed by atoms with Crippen molar-refractivity contribution in [3.05, 3.63) is 16.9 Å². The lowest BCUT2D eigenvalue weighted by molar-refractivity contribution is -0.306. The molecule has 66 valence electrons. The highest BCUT2D eigenvalue weighted by molar-refractivity contribution is 5.72. The number of nitrogens with two attached hydrogens (primary N) is 1. The van der Waals surface area contributed by atoms with Gasteiger partial charge >= 0.3 is 12.2 Å². The molecular weight excluding hydrogens is 162 g/mol. The van der Waals surface area contributed by atoms with Crippen LogP contribution in [0.25, 0.3) is 4.98 Å². The first-order valence-corrected chi connectivity index (χ1v) is 3.26. The number of aliphatic carboxylic acids is 1. The number of rotatable bonds is 4. The predicted octanol–water partition coefficient (Wildman–Crippen LogP) is -0.767. The highest BCUT2D eigenvalue weighted by Gasteiger charge is 2.10. The largest absolute Gasteiger partial charge is 0.871 e. The maximum Gasteiger partial charge on any atom is 0.338 e. The summed E-state index contributed by atoms with van der Waals surface area (Å²) in [6, 6.07) is -1.04. The summed E-state index contributed by atoms with van der Waals surface area (Å²) in [5.74, 6) is -1.60. The normalized spacial score (nSPS) is 13.5. The van der Waals surface area contributed by atoms with Crippen LogP contribution < -0.4 is 10.8 Å². The van der Waals surface area contributed by atoms with Crippen LogP contribution in [-0.2, 0) is 4.79 Å². The van der Waals surface area contributed by atoms with Crippen LogP contribution in [0.5, 0.6) is 0 Å². The Morgan fingerprint density at radius 3 is 2.83 bits per heavy atom. The summed E-state index contributed by atoms with van der Waals surface area (Å²) >= 11 is 0. The highest BCUT2D eigenvalue weighted by Crippen LogP contribution is 2.00. The minimum Gasteiger partial charge on any atom is -0.871 e. The van der Waals surface area contributed by atoms with Crippen LogP contribution >= 0.6 is 0 Å². The van der Waals surface area contributed by atoms with E-state index in [4.69, 9.17) is 16.2 Å². The average molecular weight is 171 g/mol. The Labute approximate surface area is 68.9 Å². The minimum atomic E-state index is -1.15. The van der Waals surface area contributed by atoms with E-state index < -0.39 is 17.8 Å². The molecule has 0 fully saturated rings. The Kier molecular flexibility index (Phi) is 4.41. The molecule has 6 nitrogen and oxygen atoms in total. The fraction of sp³-hybridized carbons (Fsp3) is 0.500. The number of hydrogen-bond donors (Lipinski definition) is 2. The van der Waals surface area contributed by atoms with Gasteiger partial charge in [-0.15, -0.1) is 0 Å². The summed E-state index contributed by atoms with van der Waals surface area (Å²) in [5.41, 5.74) is 5.10. The van der Waals surface area contributed by atoms with Crippen molar-refractivity contribution in [2.24, 2.45) is 5.73 Å². The molecule has 0 saturated carbocycles. The van der Waals surface area contributed by atoms with Gasteiger partial charge in [0.1, 0.15) is 6.04 Å². The molecule has 6 heteroatoms. The first kappa shape index (κ1) is 10.4. The van der Waals surface area contributed by atoms with Crippen molar-refractivity contribution in [1.29, 1.82) is 5.39 Å². The summed E-state index contributed by atoms with van der Waals surface area (Å²) in [5, 5.41) is 26.8. The lowest BCUT2D eigenvalue weighted by Crippen LogP contribution is -2.30. The second kappa shape index (κ2) is 5.09. The van der Waals surface area contributed by atoms with Crippen molar-refractivity contribution >= 4 is 5.97 Å². The van der Waals surface area contributed by atoms with Gasteiger partial charge in [0.2, 0.25) is 5.39 Å². The summed E-state index contributed by atoms with van der Waals surface area (Å²) in [4.78, 5) is 12.6. The Morgan fingerprint density at radius 2 is 2.42 bits per heavy atom. The van der Waals surface area contributed by atoms with Crippen LogP contribution in [0.1, 0.15) is 12.8 Å². The summed E-state index contributed by atoms with van der Waals surface area (Å²) in [7, 11) is 0. The van der Waals surface area contributed by atoms with E-state index in [1.807, 2.05) is 0 Å². The lowest BCUT2D eigenvalue weighted by atomic mass is 10.1. The quantitative estimate of drug-likeness (QED) is 0.426. The van der Waals surface area contributed by atoms with Crippen molar-refractivity contribution in [1.82, 2.24) is 0 Å². The first-order valence-electron chi connectivity index (χ1n) is 3.26.